The number of hydrogen-bond donors (Lipinski definition) is 10. The Balaban J connectivity index is 2.42. The van der Waals surface area contributed by atoms with Gasteiger partial charge in [0.1, 0.15) is 0 Å². The molecule has 2 bridgehead atoms. The van der Waals surface area contributed by atoms with Gasteiger partial charge in [-0.25, -0.2) is 0 Å². The van der Waals surface area contributed by atoms with Crippen LogP contribution in [0.4, 0.5) is 0 Å². The van der Waals surface area contributed by atoms with Gasteiger partial charge in [-0.1, -0.05) is 0 Å². The Bertz CT molecular complexity index is 788. The minimum Gasteiger partial charge on any atom is -0.391 e. The summed E-state index contributed by atoms with van der Waals surface area (Å²) in [6, 6.07) is 0. The van der Waals surface area contributed by atoms with Crippen LogP contribution < -0.4 is 0 Å². The van der Waals surface area contributed by atoms with Crippen LogP contribution in [0.3, 0.4) is 0 Å². The van der Waals surface area contributed by atoms with Crippen molar-refractivity contribution < 1.29 is 89.1 Å². The maximum absolute atomic E-state index is 11.0. The molecule has 0 saturated carbocycles. The summed E-state index contributed by atoms with van der Waals surface area (Å²) >= 11 is 0. The van der Waals surface area contributed by atoms with Crippen molar-refractivity contribution >= 4 is 80.0 Å². The zero-order valence-electron chi connectivity index (χ0n) is 19.1. The van der Waals surface area contributed by atoms with Crippen molar-refractivity contribution in [3.8, 4) is 0 Å². The summed E-state index contributed by atoms with van der Waals surface area (Å²) in [5.74, 6) is 0. The van der Waals surface area contributed by atoms with E-state index in [1.807, 2.05) is 0 Å². The molecule has 0 amide bonds. The monoisotopic (exact) mass is 672 g/mol. The molecule has 35 heavy (non-hydrogen) atoms. The maximum atomic E-state index is 11.0. The first-order chi connectivity index (χ1) is 15.1. The third-order valence-electron chi connectivity index (χ3n) is 3.42. The fourth-order valence-corrected chi connectivity index (χ4v) is 33.4. The van der Waals surface area contributed by atoms with Crippen LogP contribution in [-0.4, -0.2) is 128 Å². The summed E-state index contributed by atoms with van der Waals surface area (Å²) in [4.78, 5) is 100. The van der Waals surface area contributed by atoms with Crippen molar-refractivity contribution in [3.05, 3.63) is 0 Å². The Morgan fingerprint density at radius 1 is 0.571 bits per heavy atom. The van der Waals surface area contributed by atoms with Crippen LogP contribution in [0.1, 0.15) is 0 Å². The normalized spacial score (nSPS) is 44.2. The Morgan fingerprint density at radius 2 is 1.09 bits per heavy atom. The molecule has 2 aliphatic heterocycles. The summed E-state index contributed by atoms with van der Waals surface area (Å²) in [5.41, 5.74) is 0. The average Bonchev–Trinajstić information content (AvgIpc) is 2.30. The summed E-state index contributed by atoms with van der Waals surface area (Å²) in [5, 5.41) is 0. The Labute approximate surface area is 208 Å². The van der Waals surface area contributed by atoms with Gasteiger partial charge < -0.3 is 89.1 Å². The highest BCUT2D eigenvalue weighted by atomic mass is 28.6. The average molecular weight is 673 g/mol. The Morgan fingerprint density at radius 3 is 1.60 bits per heavy atom. The van der Waals surface area contributed by atoms with Gasteiger partial charge in [-0.2, -0.15) is 0 Å². The highest BCUT2D eigenvalue weighted by molar-refractivity contribution is 6.92. The molecule has 2 saturated heterocycles. The van der Waals surface area contributed by atoms with Gasteiger partial charge in [-0.15, -0.1) is 0 Å². The molecule has 0 aromatic heterocycles. The van der Waals surface area contributed by atoms with Crippen LogP contribution in [-0.2, 0) is 41.2 Å². The first kappa shape index (κ1) is 32.4. The van der Waals surface area contributed by atoms with E-state index in [9.17, 15) is 33.6 Å². The Kier molecular flexibility index (Phi) is 8.93. The number of hydrogen-bond acceptors (Lipinski definition) is 20. The minimum absolute atomic E-state index is 0.778. The predicted molar refractivity (Wildman–Crippen MR) is 120 cm³/mol. The molecule has 2 fully saturated rings. The van der Waals surface area contributed by atoms with Crippen LogP contribution in [0.15, 0.2) is 0 Å². The Hall–Kier alpha value is 1.15. The fraction of sp³-hybridized carbons (Fsp3) is 1.00. The van der Waals surface area contributed by atoms with Gasteiger partial charge >= 0.3 is 80.0 Å². The van der Waals surface area contributed by atoms with Crippen molar-refractivity contribution in [2.24, 2.45) is 0 Å². The van der Waals surface area contributed by atoms with E-state index in [0.29, 0.717) is 0 Å². The second-order valence-corrected chi connectivity index (χ2v) is 30.1. The standard InChI is InChI=1S/C6H28O20Si9/c1-27(7,17-29(3,9)21-33(11,12)13)19-31(5)23-34(14,15)24-32(6)20-28(2,8)18-30(4,10)22-35(16,25-31)26-32/h7-16H,1-6H3. The van der Waals surface area contributed by atoms with Crippen molar-refractivity contribution in [2.75, 3.05) is 0 Å². The van der Waals surface area contributed by atoms with Crippen LogP contribution >= 0.6 is 0 Å². The molecule has 2 rings (SSSR count). The molecular formula is C6H28O20Si9. The summed E-state index contributed by atoms with van der Waals surface area (Å²) in [7, 11) is -43.5. The SMILES string of the molecule is C[Si](O)(O[Si](O)(O)O)O[Si](C)(O)O[Si]1(C)O[Si](O)(O)O[Si]2(C)O[Si](C)(O)O[Si](C)(O)O[Si](O)(O1)O2. The first-order valence-corrected chi connectivity index (χ1v) is 28.0. The molecular weight excluding hydrogens is 645 g/mol. The lowest BCUT2D eigenvalue weighted by atomic mass is 11.9. The largest absolute Gasteiger partial charge is 0.663 e. The van der Waals surface area contributed by atoms with E-state index in [1.54, 1.807) is 0 Å². The molecule has 2 heterocycles. The van der Waals surface area contributed by atoms with E-state index in [0.717, 1.165) is 39.3 Å². The van der Waals surface area contributed by atoms with Gasteiger partial charge in [-0.3, -0.25) is 0 Å². The minimum atomic E-state index is -5.38. The molecule has 7 unspecified atom stereocenters. The molecule has 10 N–H and O–H groups in total. The lowest BCUT2D eigenvalue weighted by Gasteiger charge is -2.47. The highest BCUT2D eigenvalue weighted by Gasteiger charge is 2.72. The smallest absolute Gasteiger partial charge is 0.391 e. The van der Waals surface area contributed by atoms with E-state index < -0.39 is 80.0 Å². The van der Waals surface area contributed by atoms with E-state index in [-0.39, 0.29) is 0 Å². The van der Waals surface area contributed by atoms with E-state index in [4.69, 9.17) is 51.4 Å². The predicted octanol–water partition coefficient (Wildman–Crippen LogP) is -6.18. The van der Waals surface area contributed by atoms with Gasteiger partial charge in [0, 0.05) is 39.3 Å². The molecule has 29 heteroatoms. The molecule has 0 spiro atoms. The molecule has 7 atom stereocenters. The molecule has 20 nitrogen and oxygen atoms in total. The van der Waals surface area contributed by atoms with Gasteiger partial charge in [0.25, 0.3) is 0 Å². The summed E-state index contributed by atoms with van der Waals surface area (Å²) in [6.07, 6.45) is 0. The molecule has 0 radical (unpaired) electrons. The van der Waals surface area contributed by atoms with Crippen molar-refractivity contribution in [2.45, 2.75) is 39.3 Å². The lowest BCUT2D eigenvalue weighted by molar-refractivity contribution is -0.0145. The van der Waals surface area contributed by atoms with Crippen LogP contribution in [0.5, 0.6) is 0 Å². The van der Waals surface area contributed by atoms with Gasteiger partial charge in [0.15, 0.2) is 0 Å². The zero-order chi connectivity index (χ0) is 27.6. The van der Waals surface area contributed by atoms with Crippen LogP contribution in [0.25, 0.3) is 0 Å². The van der Waals surface area contributed by atoms with Crippen molar-refractivity contribution in [1.82, 2.24) is 0 Å². The molecule has 2 aliphatic rings. The van der Waals surface area contributed by atoms with E-state index in [2.05, 4.69) is 4.12 Å². The second-order valence-electron chi connectivity index (χ2n) is 7.98. The topological polar surface area (TPSA) is 295 Å². The molecule has 0 aromatic rings. The zero-order valence-corrected chi connectivity index (χ0v) is 28.1. The van der Waals surface area contributed by atoms with Crippen molar-refractivity contribution in [3.63, 3.8) is 0 Å². The van der Waals surface area contributed by atoms with E-state index in [1.165, 1.54) is 0 Å². The third-order valence-corrected chi connectivity index (χ3v) is 30.8. The summed E-state index contributed by atoms with van der Waals surface area (Å²) < 4.78 is 50.8. The lowest BCUT2D eigenvalue weighted by Crippen LogP contribution is -2.78. The van der Waals surface area contributed by atoms with Crippen LogP contribution in [0.2, 0.25) is 39.3 Å². The summed E-state index contributed by atoms with van der Waals surface area (Å²) in [6.45, 7) is 5.52. The quantitative estimate of drug-likeness (QED) is 0.117. The maximum Gasteiger partial charge on any atom is 0.663 e. The second kappa shape index (κ2) is 9.66. The first-order valence-electron chi connectivity index (χ1n) is 9.32. The number of rotatable bonds is 6. The molecule has 0 aliphatic carbocycles. The fourth-order valence-electron chi connectivity index (χ4n) is 3.13. The van der Waals surface area contributed by atoms with Gasteiger partial charge in [0.05, 0.1) is 0 Å². The molecule has 0 aromatic carbocycles. The van der Waals surface area contributed by atoms with Crippen molar-refractivity contribution in [1.29, 1.82) is 0 Å². The van der Waals surface area contributed by atoms with Gasteiger partial charge in [-0.05, 0) is 0 Å². The van der Waals surface area contributed by atoms with E-state index >= 15 is 0 Å². The van der Waals surface area contributed by atoms with Gasteiger partial charge in [0.2, 0.25) is 0 Å². The molecule has 208 valence electrons. The highest BCUT2D eigenvalue weighted by Crippen LogP contribution is 2.35. The third kappa shape index (κ3) is 10.3. The van der Waals surface area contributed by atoms with Crippen LogP contribution in [0, 0.1) is 0 Å². The number of fused-ring (bicyclic) bond motifs is 2.